The van der Waals surface area contributed by atoms with Crippen LogP contribution in [-0.2, 0) is 6.54 Å². The Morgan fingerprint density at radius 2 is 2.08 bits per heavy atom. The average Bonchev–Trinajstić information content (AvgIpc) is 3.20. The zero-order valence-corrected chi connectivity index (χ0v) is 14.6. The quantitative estimate of drug-likeness (QED) is 0.684. The Kier molecular flexibility index (Phi) is 4.98. The highest BCUT2D eigenvalue weighted by Gasteiger charge is 2.15. The van der Waals surface area contributed by atoms with Gasteiger partial charge in [0.25, 0.3) is 5.91 Å². The molecule has 0 saturated heterocycles. The van der Waals surface area contributed by atoms with Gasteiger partial charge in [0.2, 0.25) is 0 Å². The van der Waals surface area contributed by atoms with E-state index in [2.05, 4.69) is 20.6 Å². The third-order valence-corrected chi connectivity index (χ3v) is 4.68. The summed E-state index contributed by atoms with van der Waals surface area (Å²) in [5.74, 6) is -1.64. The van der Waals surface area contributed by atoms with E-state index in [1.165, 1.54) is 17.1 Å². The largest absolute Gasteiger partial charge is 0.477 e. The first kappa shape index (κ1) is 17.3. The molecule has 0 spiro atoms. The molecule has 1 aromatic carbocycles. The standard InChI is InChI=1S/C14H9Cl2N5O3S/c15-8-2-1-7(3-9(8)16)5-21-6-10(19-20-21)12(22)18-14-17-4-11(25-14)13(23)24/h1-4,6H,5H2,(H,23,24)(H,17,18,22). The van der Waals surface area contributed by atoms with Crippen molar-refractivity contribution in [2.75, 3.05) is 5.32 Å². The summed E-state index contributed by atoms with van der Waals surface area (Å²) in [6, 6.07) is 5.17. The van der Waals surface area contributed by atoms with Crippen molar-refractivity contribution in [3.8, 4) is 0 Å². The number of aromatic carboxylic acids is 1. The number of amides is 1. The number of anilines is 1. The first-order valence-corrected chi connectivity index (χ1v) is 8.34. The van der Waals surface area contributed by atoms with Crippen molar-refractivity contribution < 1.29 is 14.7 Å². The molecule has 0 saturated carbocycles. The van der Waals surface area contributed by atoms with Gasteiger partial charge >= 0.3 is 5.97 Å². The lowest BCUT2D eigenvalue weighted by Crippen LogP contribution is -2.12. The van der Waals surface area contributed by atoms with Gasteiger partial charge in [-0.1, -0.05) is 45.8 Å². The van der Waals surface area contributed by atoms with Crippen molar-refractivity contribution in [1.82, 2.24) is 20.0 Å². The maximum atomic E-state index is 12.1. The first-order chi connectivity index (χ1) is 11.9. The zero-order chi connectivity index (χ0) is 18.0. The van der Waals surface area contributed by atoms with Gasteiger partial charge in [-0.25, -0.2) is 14.5 Å². The summed E-state index contributed by atoms with van der Waals surface area (Å²) < 4.78 is 1.47. The number of aromatic nitrogens is 4. The lowest BCUT2D eigenvalue weighted by atomic mass is 10.2. The monoisotopic (exact) mass is 397 g/mol. The van der Waals surface area contributed by atoms with Crippen LogP contribution in [0, 0.1) is 0 Å². The minimum atomic E-state index is -1.11. The molecule has 0 unspecified atom stereocenters. The van der Waals surface area contributed by atoms with E-state index in [4.69, 9.17) is 28.3 Å². The van der Waals surface area contributed by atoms with E-state index < -0.39 is 11.9 Å². The van der Waals surface area contributed by atoms with Gasteiger partial charge in [0, 0.05) is 0 Å². The van der Waals surface area contributed by atoms with Crippen LogP contribution < -0.4 is 5.32 Å². The number of carboxylic acid groups (broad SMARTS) is 1. The van der Waals surface area contributed by atoms with E-state index >= 15 is 0 Å². The van der Waals surface area contributed by atoms with Crippen LogP contribution in [0.1, 0.15) is 25.7 Å². The molecule has 0 aliphatic heterocycles. The highest BCUT2D eigenvalue weighted by Crippen LogP contribution is 2.23. The van der Waals surface area contributed by atoms with Crippen LogP contribution in [0.5, 0.6) is 0 Å². The van der Waals surface area contributed by atoms with Crippen LogP contribution in [0.15, 0.2) is 30.6 Å². The average molecular weight is 398 g/mol. The van der Waals surface area contributed by atoms with Gasteiger partial charge in [-0.05, 0) is 17.7 Å². The molecule has 8 nitrogen and oxygen atoms in total. The molecule has 0 bridgehead atoms. The van der Waals surface area contributed by atoms with Crippen LogP contribution in [0.3, 0.4) is 0 Å². The number of carboxylic acids is 1. The zero-order valence-electron chi connectivity index (χ0n) is 12.3. The predicted molar refractivity (Wildman–Crippen MR) is 92.6 cm³/mol. The van der Waals surface area contributed by atoms with Crippen molar-refractivity contribution in [3.63, 3.8) is 0 Å². The summed E-state index contributed by atoms with van der Waals surface area (Å²) in [5, 5.41) is 20.0. The number of hydrogen-bond donors (Lipinski definition) is 2. The molecule has 3 aromatic rings. The molecule has 0 atom stereocenters. The predicted octanol–water partition coefficient (Wildman–Crippen LogP) is 3.04. The molecule has 128 valence electrons. The second kappa shape index (κ2) is 7.18. The van der Waals surface area contributed by atoms with E-state index in [1.54, 1.807) is 18.2 Å². The van der Waals surface area contributed by atoms with Crippen molar-refractivity contribution in [2.45, 2.75) is 6.54 Å². The molecule has 0 aliphatic rings. The van der Waals surface area contributed by atoms with Crippen molar-refractivity contribution in [2.24, 2.45) is 0 Å². The Bertz CT molecular complexity index is 956. The summed E-state index contributed by atoms with van der Waals surface area (Å²) in [6.45, 7) is 0.359. The van der Waals surface area contributed by atoms with Crippen molar-refractivity contribution >= 4 is 51.5 Å². The highest BCUT2D eigenvalue weighted by atomic mass is 35.5. The molecule has 1 amide bonds. The molecule has 25 heavy (non-hydrogen) atoms. The fourth-order valence-electron chi connectivity index (χ4n) is 1.90. The van der Waals surface area contributed by atoms with Crippen LogP contribution in [0.2, 0.25) is 10.0 Å². The van der Waals surface area contributed by atoms with Crippen LogP contribution >= 0.6 is 34.5 Å². The normalized spacial score (nSPS) is 10.6. The second-order valence-corrected chi connectivity index (χ2v) is 6.68. The van der Waals surface area contributed by atoms with Gasteiger partial charge in [-0.3, -0.25) is 10.1 Å². The second-order valence-electron chi connectivity index (χ2n) is 4.84. The number of nitrogens with one attached hydrogen (secondary N) is 1. The van der Waals surface area contributed by atoms with Gasteiger partial charge < -0.3 is 5.11 Å². The third-order valence-electron chi connectivity index (χ3n) is 3.04. The van der Waals surface area contributed by atoms with E-state index in [-0.39, 0.29) is 15.7 Å². The Balaban J connectivity index is 1.68. The molecule has 0 radical (unpaired) electrons. The molecule has 2 N–H and O–H groups in total. The van der Waals surface area contributed by atoms with Gasteiger partial charge in [0.15, 0.2) is 10.8 Å². The van der Waals surface area contributed by atoms with Crippen LogP contribution in [0.25, 0.3) is 0 Å². The van der Waals surface area contributed by atoms with E-state index in [1.807, 2.05) is 0 Å². The molecule has 11 heteroatoms. The van der Waals surface area contributed by atoms with Gasteiger partial charge in [-0.15, -0.1) is 5.10 Å². The minimum absolute atomic E-state index is 0.0265. The number of rotatable bonds is 5. The molecule has 3 rings (SSSR count). The van der Waals surface area contributed by atoms with Gasteiger partial charge in [-0.2, -0.15) is 0 Å². The summed E-state index contributed by atoms with van der Waals surface area (Å²) >= 11 is 12.7. The van der Waals surface area contributed by atoms with Gasteiger partial charge in [0.1, 0.15) is 4.88 Å². The Labute approximate surface area is 155 Å². The summed E-state index contributed by atoms with van der Waals surface area (Å²) in [5.41, 5.74) is 0.921. The molecular formula is C14H9Cl2N5O3S. The molecule has 2 aromatic heterocycles. The van der Waals surface area contributed by atoms with Crippen molar-refractivity contribution in [1.29, 1.82) is 0 Å². The summed E-state index contributed by atoms with van der Waals surface area (Å²) in [6.07, 6.45) is 2.63. The smallest absolute Gasteiger partial charge is 0.347 e. The van der Waals surface area contributed by atoms with E-state index in [0.717, 1.165) is 16.9 Å². The molecular weight excluding hydrogens is 389 g/mol. The Morgan fingerprint density at radius 3 is 2.76 bits per heavy atom. The summed E-state index contributed by atoms with van der Waals surface area (Å²) in [4.78, 5) is 26.8. The van der Waals surface area contributed by atoms with Crippen LogP contribution in [-0.4, -0.2) is 37.0 Å². The number of carbonyl (C=O) groups is 2. The number of nitrogens with zero attached hydrogens (tertiary/aromatic N) is 4. The number of thiazole rings is 1. The molecule has 0 fully saturated rings. The fraction of sp³-hybridized carbons (Fsp3) is 0.0714. The van der Waals surface area contributed by atoms with E-state index in [0.29, 0.717) is 16.6 Å². The van der Waals surface area contributed by atoms with Crippen LogP contribution in [0.4, 0.5) is 5.13 Å². The highest BCUT2D eigenvalue weighted by molar-refractivity contribution is 7.17. The topological polar surface area (TPSA) is 110 Å². The third kappa shape index (κ3) is 4.13. The lowest BCUT2D eigenvalue weighted by Gasteiger charge is -2.02. The van der Waals surface area contributed by atoms with E-state index in [9.17, 15) is 9.59 Å². The Hall–Kier alpha value is -2.49. The summed E-state index contributed by atoms with van der Waals surface area (Å²) in [7, 11) is 0. The maximum Gasteiger partial charge on any atom is 0.347 e. The number of halogens is 2. The molecule has 0 aliphatic carbocycles. The van der Waals surface area contributed by atoms with Crippen molar-refractivity contribution in [3.05, 3.63) is 56.8 Å². The number of carbonyl (C=O) groups excluding carboxylic acids is 1. The maximum absolute atomic E-state index is 12.1. The first-order valence-electron chi connectivity index (χ1n) is 6.77. The SMILES string of the molecule is O=C(Nc1ncc(C(=O)O)s1)c1cn(Cc2ccc(Cl)c(Cl)c2)nn1. The minimum Gasteiger partial charge on any atom is -0.477 e. The van der Waals surface area contributed by atoms with Gasteiger partial charge in [0.05, 0.1) is 29.0 Å². The number of benzene rings is 1. The fourth-order valence-corrected chi connectivity index (χ4v) is 2.87. The Morgan fingerprint density at radius 1 is 1.28 bits per heavy atom. The lowest BCUT2D eigenvalue weighted by molar-refractivity contribution is 0.0701. The number of hydrogen-bond acceptors (Lipinski definition) is 6. The molecule has 2 heterocycles.